The molecule has 0 spiro atoms. The molecule has 0 fully saturated rings. The predicted octanol–water partition coefficient (Wildman–Crippen LogP) is 3.16. The first-order valence-corrected chi connectivity index (χ1v) is 8.99. The van der Waals surface area contributed by atoms with Gasteiger partial charge < -0.3 is 9.88 Å². The van der Waals surface area contributed by atoms with Gasteiger partial charge in [-0.15, -0.1) is 12.4 Å². The highest BCUT2D eigenvalue weighted by molar-refractivity contribution is 7.91. The Kier molecular flexibility index (Phi) is 5.87. The number of benzene rings is 1. The predicted molar refractivity (Wildman–Crippen MR) is 97.8 cm³/mol. The summed E-state index contributed by atoms with van der Waals surface area (Å²) in [6.07, 6.45) is 3.30. The van der Waals surface area contributed by atoms with E-state index >= 15 is 0 Å². The molecule has 0 bridgehead atoms. The van der Waals surface area contributed by atoms with Crippen LogP contribution in [0.4, 0.5) is 0 Å². The number of rotatable bonds is 5. The van der Waals surface area contributed by atoms with Crippen LogP contribution in [0.1, 0.15) is 0 Å². The van der Waals surface area contributed by atoms with Crippen LogP contribution in [0.25, 0.3) is 11.0 Å². The number of sulfone groups is 1. The zero-order valence-electron chi connectivity index (χ0n) is 12.9. The molecular weight excluding hydrogens is 369 g/mol. The zero-order chi connectivity index (χ0) is 16.4. The van der Waals surface area contributed by atoms with Crippen molar-refractivity contribution in [1.29, 1.82) is 0 Å². The van der Waals surface area contributed by atoms with Gasteiger partial charge in [0.2, 0.25) is 9.84 Å². The summed E-state index contributed by atoms with van der Waals surface area (Å²) in [5.74, 6) is 0. The van der Waals surface area contributed by atoms with Crippen molar-refractivity contribution in [2.24, 2.45) is 0 Å². The van der Waals surface area contributed by atoms with Crippen LogP contribution < -0.4 is 5.32 Å². The first kappa shape index (κ1) is 18.7. The van der Waals surface area contributed by atoms with Crippen molar-refractivity contribution in [3.05, 3.63) is 53.8 Å². The van der Waals surface area contributed by atoms with Gasteiger partial charge in [0.1, 0.15) is 5.65 Å². The van der Waals surface area contributed by atoms with Gasteiger partial charge in [-0.05, 0) is 37.4 Å². The van der Waals surface area contributed by atoms with E-state index in [1.165, 1.54) is 6.07 Å². The lowest BCUT2D eigenvalue weighted by Gasteiger charge is -2.03. The van der Waals surface area contributed by atoms with Gasteiger partial charge in [-0.1, -0.05) is 17.7 Å². The number of hydrogen-bond acceptors (Lipinski definition) is 4. The fraction of sp³-hybridized carbons (Fsp3) is 0.188. The van der Waals surface area contributed by atoms with Gasteiger partial charge in [-0.3, -0.25) is 0 Å². The van der Waals surface area contributed by atoms with Crippen molar-refractivity contribution in [2.75, 3.05) is 13.6 Å². The molecule has 5 nitrogen and oxygen atoms in total. The van der Waals surface area contributed by atoms with E-state index < -0.39 is 9.84 Å². The number of pyridine rings is 1. The monoisotopic (exact) mass is 385 g/mol. The SMILES string of the molecule is CNCCn1cc(S(=O)(=O)c2cccc(Cl)c2)c2cccnc21.Cl. The standard InChI is InChI=1S/C16H16ClN3O2S.ClH/c1-18-8-9-20-11-15(14-6-3-7-19-16(14)20)23(21,22)13-5-2-4-12(17)10-13;/h2-7,10-11,18H,8-9H2,1H3;1H. The van der Waals surface area contributed by atoms with Crippen LogP contribution in [0.15, 0.2) is 58.6 Å². The topological polar surface area (TPSA) is 64.0 Å². The van der Waals surface area contributed by atoms with Crippen LogP contribution in [0, 0.1) is 0 Å². The van der Waals surface area contributed by atoms with E-state index in [0.717, 1.165) is 6.54 Å². The van der Waals surface area contributed by atoms with E-state index in [9.17, 15) is 8.42 Å². The van der Waals surface area contributed by atoms with Crippen molar-refractivity contribution < 1.29 is 8.42 Å². The van der Waals surface area contributed by atoms with Crippen LogP contribution >= 0.6 is 24.0 Å². The summed E-state index contributed by atoms with van der Waals surface area (Å²) >= 11 is 5.94. The van der Waals surface area contributed by atoms with E-state index in [0.29, 0.717) is 22.6 Å². The van der Waals surface area contributed by atoms with Crippen molar-refractivity contribution in [2.45, 2.75) is 16.3 Å². The molecule has 0 saturated heterocycles. The number of nitrogens with one attached hydrogen (secondary N) is 1. The number of hydrogen-bond donors (Lipinski definition) is 1. The molecule has 0 saturated carbocycles. The lowest BCUT2D eigenvalue weighted by molar-refractivity contribution is 0.595. The molecule has 0 unspecified atom stereocenters. The lowest BCUT2D eigenvalue weighted by Crippen LogP contribution is -2.14. The normalized spacial score (nSPS) is 11.4. The third-order valence-electron chi connectivity index (χ3n) is 3.60. The van der Waals surface area contributed by atoms with Crippen molar-refractivity contribution in [3.8, 4) is 0 Å². The van der Waals surface area contributed by atoms with Gasteiger partial charge in [0.25, 0.3) is 0 Å². The van der Waals surface area contributed by atoms with Crippen LogP contribution in [0.2, 0.25) is 5.02 Å². The maximum atomic E-state index is 13.0. The molecule has 0 aliphatic heterocycles. The van der Waals surface area contributed by atoms with E-state index in [2.05, 4.69) is 10.3 Å². The van der Waals surface area contributed by atoms with E-state index in [1.807, 2.05) is 11.6 Å². The zero-order valence-corrected chi connectivity index (χ0v) is 15.3. The number of fused-ring (bicyclic) bond motifs is 1. The van der Waals surface area contributed by atoms with Crippen LogP contribution in [0.3, 0.4) is 0 Å². The maximum absolute atomic E-state index is 13.0. The highest BCUT2D eigenvalue weighted by atomic mass is 35.5. The third kappa shape index (κ3) is 3.42. The average Bonchev–Trinajstić information content (AvgIpc) is 2.92. The Morgan fingerprint density at radius 2 is 2.04 bits per heavy atom. The van der Waals surface area contributed by atoms with Crippen LogP contribution in [0.5, 0.6) is 0 Å². The molecule has 0 aliphatic carbocycles. The molecule has 3 rings (SSSR count). The number of likely N-dealkylation sites (N-methyl/N-ethyl adjacent to an activating group) is 1. The molecule has 3 aromatic rings. The third-order valence-corrected chi connectivity index (χ3v) is 5.61. The van der Waals surface area contributed by atoms with Gasteiger partial charge in [0, 0.05) is 35.9 Å². The highest BCUT2D eigenvalue weighted by Crippen LogP contribution is 2.30. The molecule has 0 atom stereocenters. The summed E-state index contributed by atoms with van der Waals surface area (Å²) < 4.78 is 27.8. The quantitative estimate of drug-likeness (QED) is 0.732. The van der Waals surface area contributed by atoms with Crippen LogP contribution in [-0.4, -0.2) is 31.6 Å². The van der Waals surface area contributed by atoms with Gasteiger partial charge >= 0.3 is 0 Å². The molecular formula is C16H17Cl2N3O2S. The molecule has 128 valence electrons. The largest absolute Gasteiger partial charge is 0.330 e. The van der Waals surface area contributed by atoms with Crippen molar-refractivity contribution in [3.63, 3.8) is 0 Å². The van der Waals surface area contributed by atoms with Gasteiger partial charge in [-0.25, -0.2) is 13.4 Å². The minimum Gasteiger partial charge on any atom is -0.330 e. The molecule has 0 aliphatic rings. The fourth-order valence-corrected chi connectivity index (χ4v) is 4.23. The summed E-state index contributed by atoms with van der Waals surface area (Å²) in [5.41, 5.74) is 0.656. The summed E-state index contributed by atoms with van der Waals surface area (Å²) in [6, 6.07) is 9.81. The Labute approximate surface area is 152 Å². The first-order valence-electron chi connectivity index (χ1n) is 7.13. The Bertz CT molecular complexity index is 955. The van der Waals surface area contributed by atoms with Gasteiger partial charge in [0.05, 0.1) is 9.79 Å². The van der Waals surface area contributed by atoms with Gasteiger partial charge in [0.15, 0.2) is 0 Å². The number of halogens is 2. The minimum absolute atomic E-state index is 0. The van der Waals surface area contributed by atoms with E-state index in [1.54, 1.807) is 42.7 Å². The molecule has 24 heavy (non-hydrogen) atoms. The van der Waals surface area contributed by atoms with E-state index in [4.69, 9.17) is 11.6 Å². The summed E-state index contributed by atoms with van der Waals surface area (Å²) in [4.78, 5) is 4.76. The first-order chi connectivity index (χ1) is 11.0. The molecule has 0 amide bonds. The van der Waals surface area contributed by atoms with Crippen LogP contribution in [-0.2, 0) is 16.4 Å². The Morgan fingerprint density at radius 1 is 1.25 bits per heavy atom. The second kappa shape index (κ2) is 7.53. The fourth-order valence-electron chi connectivity index (χ4n) is 2.47. The number of nitrogens with zero attached hydrogens (tertiary/aromatic N) is 2. The lowest BCUT2D eigenvalue weighted by atomic mass is 10.3. The average molecular weight is 386 g/mol. The highest BCUT2D eigenvalue weighted by Gasteiger charge is 2.24. The molecule has 1 N–H and O–H groups in total. The summed E-state index contributed by atoms with van der Waals surface area (Å²) in [5, 5.41) is 4.06. The molecule has 8 heteroatoms. The minimum atomic E-state index is -3.66. The smallest absolute Gasteiger partial charge is 0.208 e. The molecule has 2 heterocycles. The Balaban J connectivity index is 0.00000208. The Hall–Kier alpha value is -1.60. The molecule has 2 aromatic heterocycles. The second-order valence-electron chi connectivity index (χ2n) is 5.13. The maximum Gasteiger partial charge on any atom is 0.208 e. The van der Waals surface area contributed by atoms with Crippen molar-refractivity contribution in [1.82, 2.24) is 14.9 Å². The Morgan fingerprint density at radius 3 is 2.75 bits per heavy atom. The second-order valence-corrected chi connectivity index (χ2v) is 7.48. The summed E-state index contributed by atoms with van der Waals surface area (Å²) in [7, 11) is -1.81. The molecule has 0 radical (unpaired) electrons. The van der Waals surface area contributed by atoms with Crippen molar-refractivity contribution >= 4 is 44.9 Å². The summed E-state index contributed by atoms with van der Waals surface area (Å²) in [6.45, 7) is 1.35. The van der Waals surface area contributed by atoms with E-state index in [-0.39, 0.29) is 22.2 Å². The van der Waals surface area contributed by atoms with Gasteiger partial charge in [-0.2, -0.15) is 0 Å². The number of aromatic nitrogens is 2. The molecule has 1 aromatic carbocycles.